The van der Waals surface area contributed by atoms with Crippen molar-refractivity contribution in [3.05, 3.63) is 70.4 Å². The van der Waals surface area contributed by atoms with Crippen molar-refractivity contribution in [1.29, 1.82) is 0 Å². The number of hydrogen-bond acceptors (Lipinski definition) is 16. The van der Waals surface area contributed by atoms with Crippen molar-refractivity contribution in [2.45, 2.75) is 28.5 Å². The summed E-state index contributed by atoms with van der Waals surface area (Å²) in [5.41, 5.74) is 3.48. The number of cyclic esters (lactones) is 1. The number of tetrazole rings is 1. The summed E-state index contributed by atoms with van der Waals surface area (Å²) in [6, 6.07) is 9.87. The van der Waals surface area contributed by atoms with E-state index in [1.165, 1.54) is 53.9 Å². The number of nitrogens with two attached hydrogens (primary N) is 1. The molecular weight excluding hydrogens is 715 g/mol. The highest BCUT2D eigenvalue weighted by atomic mass is 32.2. The van der Waals surface area contributed by atoms with Gasteiger partial charge >= 0.3 is 24.0 Å². The van der Waals surface area contributed by atoms with E-state index in [4.69, 9.17) is 29.4 Å². The topological polar surface area (TPSA) is 254 Å². The van der Waals surface area contributed by atoms with Gasteiger partial charge in [-0.05, 0) is 39.8 Å². The quantitative estimate of drug-likeness (QED) is 0.0758. The van der Waals surface area contributed by atoms with Gasteiger partial charge in [0, 0.05) is 31.2 Å². The lowest BCUT2D eigenvalue weighted by Crippen LogP contribution is -2.81. The number of esters is 2. The number of fused-ring (bicyclic) bond motifs is 2. The van der Waals surface area contributed by atoms with E-state index < -0.39 is 59.1 Å². The molecule has 1 aromatic heterocycles. The molecule has 4 heterocycles. The maximum atomic E-state index is 14.2. The number of hydrogen-bond donors (Lipinski definition) is 3. The Morgan fingerprint density at radius 2 is 1.94 bits per heavy atom. The van der Waals surface area contributed by atoms with Crippen LogP contribution in [-0.4, -0.2) is 103 Å². The minimum absolute atomic E-state index is 0.0568. The van der Waals surface area contributed by atoms with Gasteiger partial charge in [-0.15, -0.1) is 16.9 Å². The van der Waals surface area contributed by atoms with E-state index in [1.807, 2.05) is 0 Å². The number of rotatable bonds is 12. The number of carbonyl (C=O) groups is 6. The summed E-state index contributed by atoms with van der Waals surface area (Å²) in [4.78, 5) is 79.2. The normalized spacial score (nSPS) is 21.1. The van der Waals surface area contributed by atoms with Crippen LogP contribution in [0.5, 0.6) is 11.5 Å². The molecule has 1 saturated heterocycles. The minimum Gasteiger partial charge on any atom is -0.493 e. The van der Waals surface area contributed by atoms with E-state index in [-0.39, 0.29) is 45.4 Å². The summed E-state index contributed by atoms with van der Waals surface area (Å²) in [5.74, 6) is -7.16. The zero-order chi connectivity index (χ0) is 36.6. The number of ether oxygens (including phenoxy) is 5. The highest BCUT2D eigenvalue weighted by Gasteiger charge is 2.67. The third-order valence-corrected chi connectivity index (χ3v) is 10.5. The SMILES string of the molecule is COc1cc(C(C(=O)N[C@]2(OC)C(=O)N3C(C(=O)O)=C(CSc4nnnn4C)CS[C@H]32)C(=O)OC2OC(=O)c3ccccc32)ccc1OC(N)=O. The molecule has 2 unspecified atom stereocenters. The van der Waals surface area contributed by atoms with Crippen LogP contribution in [0.25, 0.3) is 0 Å². The Balaban J connectivity index is 1.30. The van der Waals surface area contributed by atoms with Crippen LogP contribution in [-0.2, 0) is 40.4 Å². The van der Waals surface area contributed by atoms with Gasteiger partial charge in [0.25, 0.3) is 17.9 Å². The van der Waals surface area contributed by atoms with Crippen LogP contribution in [0.1, 0.15) is 33.7 Å². The van der Waals surface area contributed by atoms with Gasteiger partial charge < -0.3 is 39.8 Å². The smallest absolute Gasteiger partial charge is 0.410 e. The second kappa shape index (κ2) is 13.9. The average Bonchev–Trinajstić information content (AvgIpc) is 3.66. The molecule has 0 aliphatic carbocycles. The number of β-lactam (4-membered cyclic amide) rings is 1. The van der Waals surface area contributed by atoms with Crippen molar-refractivity contribution in [3.63, 3.8) is 0 Å². The first kappa shape index (κ1) is 35.2. The molecule has 21 heteroatoms. The van der Waals surface area contributed by atoms with Gasteiger partial charge in [-0.25, -0.2) is 19.1 Å². The largest absolute Gasteiger partial charge is 0.493 e. The molecule has 0 bridgehead atoms. The number of carbonyl (C=O) groups excluding carboxylic acids is 5. The number of thioether (sulfide) groups is 2. The lowest BCUT2D eigenvalue weighted by molar-refractivity contribution is -0.193. The molecule has 2 aromatic carbocycles. The second-order valence-electron chi connectivity index (χ2n) is 10.9. The number of nitrogens with zero attached hydrogens (tertiary/aromatic N) is 5. The van der Waals surface area contributed by atoms with Crippen molar-refractivity contribution in [3.8, 4) is 11.5 Å². The maximum Gasteiger partial charge on any atom is 0.410 e. The zero-order valence-corrected chi connectivity index (χ0v) is 28.4. The Morgan fingerprint density at radius 3 is 2.61 bits per heavy atom. The van der Waals surface area contributed by atoms with Gasteiger partial charge in [0.15, 0.2) is 17.4 Å². The van der Waals surface area contributed by atoms with E-state index in [0.717, 1.165) is 23.8 Å². The molecule has 3 aliphatic heterocycles. The van der Waals surface area contributed by atoms with Crippen molar-refractivity contribution in [2.75, 3.05) is 25.7 Å². The number of benzene rings is 2. The van der Waals surface area contributed by atoms with Crippen LogP contribution in [0.4, 0.5) is 4.79 Å². The third kappa shape index (κ3) is 6.30. The maximum absolute atomic E-state index is 14.2. The fraction of sp³-hybridized carbons (Fsp3) is 0.300. The minimum atomic E-state index is -2.11. The molecule has 0 spiro atoms. The van der Waals surface area contributed by atoms with Crippen molar-refractivity contribution >= 4 is 59.3 Å². The number of primary amides is 1. The Labute approximate surface area is 295 Å². The van der Waals surface area contributed by atoms with E-state index in [2.05, 4.69) is 20.8 Å². The Bertz CT molecular complexity index is 2000. The average molecular weight is 742 g/mol. The van der Waals surface area contributed by atoms with Gasteiger partial charge in [0.05, 0.1) is 12.7 Å². The molecule has 51 heavy (non-hydrogen) atoms. The number of aliphatic carboxylic acids is 1. The van der Waals surface area contributed by atoms with Crippen LogP contribution >= 0.6 is 23.5 Å². The van der Waals surface area contributed by atoms with Gasteiger partial charge in [-0.1, -0.05) is 36.0 Å². The molecule has 6 rings (SSSR count). The Hall–Kier alpha value is -5.67. The summed E-state index contributed by atoms with van der Waals surface area (Å²) in [5, 5.41) is 23.2. The predicted molar refractivity (Wildman–Crippen MR) is 172 cm³/mol. The lowest BCUT2D eigenvalue weighted by Gasteiger charge is -2.56. The number of aromatic nitrogens is 4. The van der Waals surface area contributed by atoms with E-state index >= 15 is 0 Å². The molecular formula is C30H27N7O12S2. The Kier molecular flexibility index (Phi) is 9.60. The van der Waals surface area contributed by atoms with Crippen LogP contribution in [0.3, 0.4) is 0 Å². The van der Waals surface area contributed by atoms with Crippen LogP contribution < -0.4 is 20.5 Å². The Morgan fingerprint density at radius 1 is 1.18 bits per heavy atom. The fourth-order valence-electron chi connectivity index (χ4n) is 5.63. The van der Waals surface area contributed by atoms with Gasteiger partial charge in [0.2, 0.25) is 11.1 Å². The molecule has 0 saturated carbocycles. The highest BCUT2D eigenvalue weighted by molar-refractivity contribution is 8.01. The number of aryl methyl sites for hydroxylation is 1. The van der Waals surface area contributed by atoms with Gasteiger partial charge in [0.1, 0.15) is 11.1 Å². The third-order valence-electron chi connectivity index (χ3n) is 8.00. The summed E-state index contributed by atoms with van der Waals surface area (Å²) >= 11 is 2.30. The first-order valence-electron chi connectivity index (χ1n) is 14.7. The number of nitrogens with one attached hydrogen (secondary N) is 1. The van der Waals surface area contributed by atoms with E-state index in [0.29, 0.717) is 10.7 Å². The predicted octanol–water partition coefficient (Wildman–Crippen LogP) is 0.677. The summed E-state index contributed by atoms with van der Waals surface area (Å²) < 4.78 is 28.0. The van der Waals surface area contributed by atoms with Crippen LogP contribution in [0.2, 0.25) is 0 Å². The molecule has 3 amide bonds. The number of amides is 3. The van der Waals surface area contributed by atoms with E-state index in [9.17, 15) is 33.9 Å². The molecule has 1 fully saturated rings. The fourth-order valence-corrected chi connectivity index (χ4v) is 8.06. The second-order valence-corrected chi connectivity index (χ2v) is 12.9. The number of methoxy groups -OCH3 is 2. The standard InChI is InChI=1S/C30H27N7O12S2/c1-36-29(33-34-35-36)51-12-14-11-50-27-30(46-3,26(43)37(27)20(14)22(39)40)32-21(38)19(13-8-9-17(47-28(31)44)18(10-13)45-2)24(42)49-25-16-7-5-4-6-15(16)23(41)48-25/h4-10,19,25,27H,11-12H2,1-3H3,(H2,31,44)(H,32,38)(H,39,40)/t19?,25?,27-,30-/m0/s1. The summed E-state index contributed by atoms with van der Waals surface area (Å²) in [7, 11) is 4.01. The molecule has 4 N–H and O–H groups in total. The van der Waals surface area contributed by atoms with Gasteiger partial charge in [-0.3, -0.25) is 19.3 Å². The molecule has 266 valence electrons. The molecule has 3 aliphatic rings. The van der Waals surface area contributed by atoms with Crippen LogP contribution in [0.15, 0.2) is 58.9 Å². The first-order valence-corrected chi connectivity index (χ1v) is 16.7. The van der Waals surface area contributed by atoms with Crippen molar-refractivity contribution in [2.24, 2.45) is 12.8 Å². The van der Waals surface area contributed by atoms with E-state index in [1.54, 1.807) is 19.2 Å². The molecule has 0 radical (unpaired) electrons. The van der Waals surface area contributed by atoms with Crippen molar-refractivity contribution in [1.82, 2.24) is 30.4 Å². The lowest BCUT2D eigenvalue weighted by atomic mass is 9.94. The number of carboxylic acid groups (broad SMARTS) is 1. The highest BCUT2D eigenvalue weighted by Crippen LogP contribution is 2.48. The number of carboxylic acids is 1. The first-order chi connectivity index (χ1) is 24.4. The van der Waals surface area contributed by atoms with Crippen molar-refractivity contribution < 1.29 is 57.6 Å². The molecule has 4 atom stereocenters. The summed E-state index contributed by atoms with van der Waals surface area (Å²) in [6.45, 7) is 0. The summed E-state index contributed by atoms with van der Waals surface area (Å²) in [6.07, 6.45) is -2.66. The monoisotopic (exact) mass is 741 g/mol. The molecule has 19 nitrogen and oxygen atoms in total. The molecule has 3 aromatic rings. The zero-order valence-electron chi connectivity index (χ0n) is 26.8. The van der Waals surface area contributed by atoms with Crippen LogP contribution in [0, 0.1) is 0 Å². The van der Waals surface area contributed by atoms with Gasteiger partial charge in [-0.2, -0.15) is 0 Å².